The van der Waals surface area contributed by atoms with Gasteiger partial charge in [-0.1, -0.05) is 5.92 Å². The third kappa shape index (κ3) is 2.09. The highest BCUT2D eigenvalue weighted by atomic mass is 16.1. The Morgan fingerprint density at radius 2 is 2.12 bits per heavy atom. The molecule has 3 heterocycles. The normalized spacial score (nSPS) is 15.4. The summed E-state index contributed by atoms with van der Waals surface area (Å²) in [7, 11) is 0. The van der Waals surface area contributed by atoms with E-state index in [1.54, 1.807) is 18.2 Å². The Morgan fingerprint density at radius 1 is 1.33 bits per heavy atom. The molecule has 0 atom stereocenters. The van der Waals surface area contributed by atoms with Crippen LogP contribution in [0.3, 0.4) is 0 Å². The van der Waals surface area contributed by atoms with Crippen LogP contribution in [-0.4, -0.2) is 27.7 Å². The average Bonchev–Trinajstić information content (AvgIpc) is 3.01. The lowest BCUT2D eigenvalue weighted by atomic mass is 9.92. The van der Waals surface area contributed by atoms with Crippen molar-refractivity contribution in [3.63, 3.8) is 0 Å². The Hall–Kier alpha value is -3.09. The Labute approximate surface area is 138 Å². The smallest absolute Gasteiger partial charge is 0.282 e. The van der Waals surface area contributed by atoms with Crippen molar-refractivity contribution in [1.82, 2.24) is 19.9 Å². The minimum absolute atomic E-state index is 0.193. The molecule has 1 saturated heterocycles. The van der Waals surface area contributed by atoms with Crippen LogP contribution in [0.15, 0.2) is 23.0 Å². The number of rotatable bonds is 1. The first-order valence-corrected chi connectivity index (χ1v) is 7.89. The van der Waals surface area contributed by atoms with Gasteiger partial charge in [0.15, 0.2) is 5.65 Å². The molecular formula is C18H15N5O. The average molecular weight is 317 g/mol. The second kappa shape index (κ2) is 5.52. The first-order valence-electron chi connectivity index (χ1n) is 7.89. The molecule has 1 aliphatic heterocycles. The monoisotopic (exact) mass is 317 g/mol. The summed E-state index contributed by atoms with van der Waals surface area (Å²) in [6, 6.07) is 7.43. The van der Waals surface area contributed by atoms with E-state index >= 15 is 0 Å². The van der Waals surface area contributed by atoms with Crippen molar-refractivity contribution < 1.29 is 0 Å². The van der Waals surface area contributed by atoms with Gasteiger partial charge >= 0.3 is 0 Å². The van der Waals surface area contributed by atoms with E-state index in [1.807, 2.05) is 0 Å². The second-order valence-corrected chi connectivity index (χ2v) is 5.99. The number of nitriles is 1. The summed E-state index contributed by atoms with van der Waals surface area (Å²) >= 11 is 0. The van der Waals surface area contributed by atoms with Crippen LogP contribution in [0.1, 0.15) is 35.6 Å². The maximum absolute atomic E-state index is 12.8. The molecule has 0 unspecified atom stereocenters. The third-order valence-electron chi connectivity index (χ3n) is 4.61. The molecule has 0 spiro atoms. The van der Waals surface area contributed by atoms with E-state index in [-0.39, 0.29) is 11.5 Å². The summed E-state index contributed by atoms with van der Waals surface area (Å²) in [6.45, 7) is 1.79. The number of aromatic amines is 1. The molecule has 1 aliphatic rings. The molecule has 4 rings (SSSR count). The molecule has 0 saturated carbocycles. The van der Waals surface area contributed by atoms with Crippen molar-refractivity contribution in [2.24, 2.45) is 0 Å². The number of terminal acetylenes is 1. The van der Waals surface area contributed by atoms with Gasteiger partial charge in [-0.15, -0.1) is 6.42 Å². The van der Waals surface area contributed by atoms with Gasteiger partial charge in [-0.05, 0) is 44.1 Å². The molecule has 118 valence electrons. The van der Waals surface area contributed by atoms with E-state index in [9.17, 15) is 10.1 Å². The fourth-order valence-electron chi connectivity index (χ4n) is 3.35. The Morgan fingerprint density at radius 3 is 2.83 bits per heavy atom. The van der Waals surface area contributed by atoms with E-state index in [0.717, 1.165) is 25.9 Å². The third-order valence-corrected chi connectivity index (χ3v) is 4.61. The molecule has 6 heteroatoms. The largest absolute Gasteiger partial charge is 0.338 e. The lowest BCUT2D eigenvalue weighted by molar-refractivity contribution is 0.451. The number of aromatic nitrogens is 3. The summed E-state index contributed by atoms with van der Waals surface area (Å²) in [5.41, 5.74) is 2.66. The van der Waals surface area contributed by atoms with Gasteiger partial charge in [-0.3, -0.25) is 4.79 Å². The molecular weight excluding hydrogens is 302 g/mol. The standard InChI is InChI=1S/C18H15N5O/c1-2-11-3-4-15-13(9-11)18(24)23-17(21-15)14(10-19)16(22-23)12-5-7-20-8-6-12/h1,3-4,9,12,20-21H,5-8H2. The predicted octanol–water partition coefficient (Wildman–Crippen LogP) is 1.50. The van der Waals surface area contributed by atoms with Crippen LogP contribution < -0.4 is 10.9 Å². The molecule has 0 radical (unpaired) electrons. The van der Waals surface area contributed by atoms with Gasteiger partial charge in [-0.2, -0.15) is 14.9 Å². The van der Waals surface area contributed by atoms with E-state index in [0.29, 0.717) is 33.4 Å². The first kappa shape index (κ1) is 14.5. The number of fused-ring (bicyclic) bond motifs is 2. The van der Waals surface area contributed by atoms with Gasteiger partial charge < -0.3 is 10.3 Å². The van der Waals surface area contributed by atoms with Crippen molar-refractivity contribution in [2.45, 2.75) is 18.8 Å². The van der Waals surface area contributed by atoms with Crippen LogP contribution in [-0.2, 0) is 0 Å². The number of hydrogen-bond acceptors (Lipinski definition) is 4. The van der Waals surface area contributed by atoms with Crippen LogP contribution in [0.25, 0.3) is 16.6 Å². The minimum atomic E-state index is -0.257. The van der Waals surface area contributed by atoms with Crippen LogP contribution in [0.2, 0.25) is 0 Å². The molecule has 1 aromatic carbocycles. The van der Waals surface area contributed by atoms with E-state index in [2.05, 4.69) is 27.4 Å². The Kier molecular flexibility index (Phi) is 3.34. The van der Waals surface area contributed by atoms with Gasteiger partial charge in [0, 0.05) is 11.5 Å². The maximum Gasteiger partial charge on any atom is 0.282 e. The van der Waals surface area contributed by atoms with Crippen molar-refractivity contribution in [3.05, 3.63) is 45.4 Å². The highest BCUT2D eigenvalue weighted by Crippen LogP contribution is 2.28. The second-order valence-electron chi connectivity index (χ2n) is 5.99. The Balaban J connectivity index is 2.02. The number of piperidine rings is 1. The van der Waals surface area contributed by atoms with Gasteiger partial charge in [0.2, 0.25) is 0 Å². The summed E-state index contributed by atoms with van der Waals surface area (Å²) in [5, 5.41) is 17.9. The zero-order chi connectivity index (χ0) is 16.7. The topological polar surface area (TPSA) is 86.0 Å². The SMILES string of the molecule is C#Cc1ccc2[nH]c3c(C#N)c(C4CCNCC4)nn3c(=O)c2c1. The number of benzene rings is 1. The number of H-pyrrole nitrogens is 1. The summed E-state index contributed by atoms with van der Waals surface area (Å²) in [5.74, 6) is 2.72. The molecule has 2 N–H and O–H groups in total. The minimum Gasteiger partial charge on any atom is -0.338 e. The lowest BCUT2D eigenvalue weighted by Crippen LogP contribution is -2.27. The van der Waals surface area contributed by atoms with Gasteiger partial charge in [0.05, 0.1) is 16.6 Å². The molecule has 0 bridgehead atoms. The lowest BCUT2D eigenvalue weighted by Gasteiger charge is -2.20. The number of nitrogens with one attached hydrogen (secondary N) is 2. The van der Waals surface area contributed by atoms with Crippen molar-refractivity contribution in [2.75, 3.05) is 13.1 Å². The molecule has 0 aliphatic carbocycles. The van der Waals surface area contributed by atoms with Crippen molar-refractivity contribution >= 4 is 16.6 Å². The molecule has 24 heavy (non-hydrogen) atoms. The molecule has 3 aromatic rings. The number of hydrogen-bond donors (Lipinski definition) is 2. The highest BCUT2D eigenvalue weighted by Gasteiger charge is 2.25. The van der Waals surface area contributed by atoms with E-state index < -0.39 is 0 Å². The zero-order valence-corrected chi connectivity index (χ0v) is 13.0. The molecule has 6 nitrogen and oxygen atoms in total. The van der Waals surface area contributed by atoms with Crippen LogP contribution in [0.5, 0.6) is 0 Å². The summed E-state index contributed by atoms with van der Waals surface area (Å²) in [6.07, 6.45) is 7.24. The van der Waals surface area contributed by atoms with Gasteiger partial charge in [0.1, 0.15) is 11.6 Å². The van der Waals surface area contributed by atoms with Crippen LogP contribution in [0, 0.1) is 23.7 Å². The fraction of sp³-hybridized carbons (Fsp3) is 0.278. The molecule has 2 aromatic heterocycles. The fourth-order valence-corrected chi connectivity index (χ4v) is 3.35. The molecule has 0 amide bonds. The van der Waals surface area contributed by atoms with Crippen molar-refractivity contribution in [1.29, 1.82) is 5.26 Å². The van der Waals surface area contributed by atoms with Crippen LogP contribution in [0.4, 0.5) is 0 Å². The quantitative estimate of drug-likeness (QED) is 0.666. The number of nitrogens with zero attached hydrogens (tertiary/aromatic N) is 3. The summed E-state index contributed by atoms with van der Waals surface area (Å²) < 4.78 is 1.30. The van der Waals surface area contributed by atoms with Gasteiger partial charge in [-0.25, -0.2) is 0 Å². The first-order chi connectivity index (χ1) is 11.7. The Bertz CT molecular complexity index is 1090. The van der Waals surface area contributed by atoms with Gasteiger partial charge in [0.25, 0.3) is 5.56 Å². The zero-order valence-electron chi connectivity index (χ0n) is 13.0. The summed E-state index contributed by atoms with van der Waals surface area (Å²) in [4.78, 5) is 16.0. The van der Waals surface area contributed by atoms with E-state index in [4.69, 9.17) is 6.42 Å². The molecule has 1 fully saturated rings. The highest BCUT2D eigenvalue weighted by molar-refractivity contribution is 5.82. The van der Waals surface area contributed by atoms with E-state index in [1.165, 1.54) is 4.52 Å². The maximum atomic E-state index is 12.8. The van der Waals surface area contributed by atoms with Crippen molar-refractivity contribution in [3.8, 4) is 18.4 Å². The predicted molar refractivity (Wildman–Crippen MR) is 90.8 cm³/mol. The van der Waals surface area contributed by atoms with Crippen LogP contribution >= 0.6 is 0 Å².